The molecule has 0 amide bonds. The highest BCUT2D eigenvalue weighted by Crippen LogP contribution is 2.41. The van der Waals surface area contributed by atoms with Gasteiger partial charge in [0.25, 0.3) is 0 Å². The Morgan fingerprint density at radius 2 is 2.29 bits per heavy atom. The van der Waals surface area contributed by atoms with Gasteiger partial charge in [-0.2, -0.15) is 5.10 Å². The molecule has 1 aliphatic carbocycles. The average Bonchev–Trinajstić information content (AvgIpc) is 2.77. The Morgan fingerprint density at radius 1 is 1.53 bits per heavy atom. The van der Waals surface area contributed by atoms with E-state index in [1.54, 1.807) is 4.68 Å². The fourth-order valence-electron chi connectivity index (χ4n) is 2.50. The van der Waals surface area contributed by atoms with Crippen LogP contribution in [0.3, 0.4) is 0 Å². The first kappa shape index (κ1) is 10.5. The third-order valence-corrected chi connectivity index (χ3v) is 4.30. The number of aromatic carboxylic acids is 1. The third kappa shape index (κ3) is 1.42. The monoisotopic (exact) mass is 248 g/mol. The van der Waals surface area contributed by atoms with Crippen LogP contribution in [0.15, 0.2) is 6.20 Å². The SMILES string of the molecule is Cc1sc(C(=O)O)c2c1-c1nn(C)cc1CC2. The van der Waals surface area contributed by atoms with E-state index in [4.69, 9.17) is 0 Å². The highest BCUT2D eigenvalue weighted by molar-refractivity contribution is 7.14. The summed E-state index contributed by atoms with van der Waals surface area (Å²) in [7, 11) is 1.90. The molecule has 5 heteroatoms. The molecule has 0 aromatic carbocycles. The minimum atomic E-state index is -0.821. The van der Waals surface area contributed by atoms with Crippen molar-refractivity contribution in [3.05, 3.63) is 27.1 Å². The Balaban J connectivity index is 2.29. The maximum absolute atomic E-state index is 11.2. The molecule has 88 valence electrons. The van der Waals surface area contributed by atoms with E-state index >= 15 is 0 Å². The standard InChI is InChI=1S/C12H12N2O2S/c1-6-9-8(11(17-6)12(15)16)4-3-7-5-14(2)13-10(7)9/h5H,3-4H2,1-2H3,(H,15,16). The van der Waals surface area contributed by atoms with Crippen LogP contribution in [0.4, 0.5) is 0 Å². The van der Waals surface area contributed by atoms with Gasteiger partial charge in [-0.3, -0.25) is 4.68 Å². The molecular weight excluding hydrogens is 236 g/mol. The zero-order valence-electron chi connectivity index (χ0n) is 9.65. The molecule has 0 saturated heterocycles. The minimum absolute atomic E-state index is 0.480. The van der Waals surface area contributed by atoms with Gasteiger partial charge in [-0.15, -0.1) is 11.3 Å². The second-order valence-corrected chi connectivity index (χ2v) is 5.55. The summed E-state index contributed by atoms with van der Waals surface area (Å²) in [6.07, 6.45) is 3.71. The van der Waals surface area contributed by atoms with Crippen molar-refractivity contribution in [2.24, 2.45) is 7.05 Å². The summed E-state index contributed by atoms with van der Waals surface area (Å²) in [4.78, 5) is 12.7. The van der Waals surface area contributed by atoms with E-state index < -0.39 is 5.97 Å². The van der Waals surface area contributed by atoms with E-state index in [1.165, 1.54) is 16.9 Å². The molecule has 2 heterocycles. The molecule has 0 bridgehead atoms. The summed E-state index contributed by atoms with van der Waals surface area (Å²) in [6.45, 7) is 1.97. The number of rotatable bonds is 1. The van der Waals surface area contributed by atoms with Crippen LogP contribution in [0.5, 0.6) is 0 Å². The van der Waals surface area contributed by atoms with Gasteiger partial charge < -0.3 is 5.11 Å². The number of nitrogens with zero attached hydrogens (tertiary/aromatic N) is 2. The molecule has 0 unspecified atom stereocenters. The smallest absolute Gasteiger partial charge is 0.346 e. The quantitative estimate of drug-likeness (QED) is 0.842. The van der Waals surface area contributed by atoms with Gasteiger partial charge in [-0.1, -0.05) is 0 Å². The van der Waals surface area contributed by atoms with E-state index in [9.17, 15) is 9.90 Å². The Bertz CT molecular complexity index is 625. The zero-order valence-corrected chi connectivity index (χ0v) is 10.5. The van der Waals surface area contributed by atoms with Gasteiger partial charge in [-0.05, 0) is 30.9 Å². The number of fused-ring (bicyclic) bond motifs is 3. The number of hydrogen-bond acceptors (Lipinski definition) is 3. The number of aromatic nitrogens is 2. The van der Waals surface area contributed by atoms with Crippen molar-refractivity contribution in [1.82, 2.24) is 9.78 Å². The van der Waals surface area contributed by atoms with E-state index in [-0.39, 0.29) is 0 Å². The molecule has 1 N–H and O–H groups in total. The van der Waals surface area contributed by atoms with Crippen LogP contribution in [0.2, 0.25) is 0 Å². The van der Waals surface area contributed by atoms with Crippen molar-refractivity contribution in [1.29, 1.82) is 0 Å². The molecule has 2 aromatic rings. The van der Waals surface area contributed by atoms with Gasteiger partial charge in [0.2, 0.25) is 0 Å². The second kappa shape index (κ2) is 3.43. The first-order chi connectivity index (χ1) is 8.08. The molecule has 0 atom stereocenters. The number of carboxylic acid groups (broad SMARTS) is 1. The van der Waals surface area contributed by atoms with Crippen LogP contribution in [0.25, 0.3) is 11.3 Å². The van der Waals surface area contributed by atoms with Gasteiger partial charge in [-0.25, -0.2) is 4.79 Å². The largest absolute Gasteiger partial charge is 0.477 e. The van der Waals surface area contributed by atoms with E-state index in [0.29, 0.717) is 4.88 Å². The molecule has 3 rings (SSSR count). The van der Waals surface area contributed by atoms with E-state index in [1.807, 2.05) is 20.2 Å². The maximum Gasteiger partial charge on any atom is 0.346 e. The molecular formula is C12H12N2O2S. The van der Waals surface area contributed by atoms with Gasteiger partial charge in [0, 0.05) is 23.7 Å². The Morgan fingerprint density at radius 3 is 3.00 bits per heavy atom. The normalized spacial score (nSPS) is 13.3. The number of hydrogen-bond donors (Lipinski definition) is 1. The molecule has 4 nitrogen and oxygen atoms in total. The van der Waals surface area contributed by atoms with Crippen molar-refractivity contribution >= 4 is 17.3 Å². The van der Waals surface area contributed by atoms with Crippen LogP contribution in [-0.4, -0.2) is 20.9 Å². The first-order valence-corrected chi connectivity index (χ1v) is 6.28. The fourth-order valence-corrected chi connectivity index (χ4v) is 3.55. The van der Waals surface area contributed by atoms with Crippen molar-refractivity contribution in [2.45, 2.75) is 19.8 Å². The van der Waals surface area contributed by atoms with Crippen LogP contribution in [-0.2, 0) is 19.9 Å². The van der Waals surface area contributed by atoms with Crippen molar-refractivity contribution in [3.63, 3.8) is 0 Å². The molecule has 0 fully saturated rings. The van der Waals surface area contributed by atoms with Crippen LogP contribution < -0.4 is 0 Å². The summed E-state index contributed by atoms with van der Waals surface area (Å²) in [6, 6.07) is 0. The van der Waals surface area contributed by atoms with Crippen LogP contribution in [0.1, 0.15) is 25.7 Å². The first-order valence-electron chi connectivity index (χ1n) is 5.46. The van der Waals surface area contributed by atoms with Gasteiger partial charge >= 0.3 is 5.97 Å². The minimum Gasteiger partial charge on any atom is -0.477 e. The lowest BCUT2D eigenvalue weighted by Crippen LogP contribution is -2.05. The van der Waals surface area contributed by atoms with Gasteiger partial charge in [0.15, 0.2) is 0 Å². The van der Waals surface area contributed by atoms with E-state index in [2.05, 4.69) is 5.10 Å². The molecule has 2 aromatic heterocycles. The molecule has 0 radical (unpaired) electrons. The Hall–Kier alpha value is -1.62. The average molecular weight is 248 g/mol. The molecule has 1 aliphatic rings. The molecule has 0 spiro atoms. The lowest BCUT2D eigenvalue weighted by molar-refractivity contribution is 0.0701. The van der Waals surface area contributed by atoms with Crippen molar-refractivity contribution < 1.29 is 9.90 Å². The maximum atomic E-state index is 11.2. The number of thiophene rings is 1. The lowest BCUT2D eigenvalue weighted by Gasteiger charge is -2.12. The number of aryl methyl sites for hydroxylation is 3. The summed E-state index contributed by atoms with van der Waals surface area (Å²) in [5, 5.41) is 13.6. The highest BCUT2D eigenvalue weighted by Gasteiger charge is 2.28. The predicted octanol–water partition coefficient (Wildman–Crippen LogP) is 2.25. The molecule has 0 saturated carbocycles. The number of carbonyl (C=O) groups is 1. The predicted molar refractivity (Wildman–Crippen MR) is 65.6 cm³/mol. The Kier molecular flexibility index (Phi) is 2.13. The molecule has 17 heavy (non-hydrogen) atoms. The topological polar surface area (TPSA) is 55.1 Å². The third-order valence-electron chi connectivity index (χ3n) is 3.16. The lowest BCUT2D eigenvalue weighted by atomic mass is 9.91. The zero-order chi connectivity index (χ0) is 12.2. The summed E-state index contributed by atoms with van der Waals surface area (Å²) in [5.41, 5.74) is 4.20. The van der Waals surface area contributed by atoms with Gasteiger partial charge in [0.1, 0.15) is 4.88 Å². The van der Waals surface area contributed by atoms with E-state index in [0.717, 1.165) is 34.5 Å². The van der Waals surface area contributed by atoms with Gasteiger partial charge in [0.05, 0.1) is 5.69 Å². The van der Waals surface area contributed by atoms with Crippen molar-refractivity contribution in [3.8, 4) is 11.3 Å². The van der Waals surface area contributed by atoms with Crippen LogP contribution in [0, 0.1) is 6.92 Å². The highest BCUT2D eigenvalue weighted by atomic mass is 32.1. The number of carboxylic acids is 1. The van der Waals surface area contributed by atoms with Crippen molar-refractivity contribution in [2.75, 3.05) is 0 Å². The summed E-state index contributed by atoms with van der Waals surface area (Å²) < 4.78 is 1.80. The van der Waals surface area contributed by atoms with Crippen LogP contribution >= 0.6 is 11.3 Å². The molecule has 0 aliphatic heterocycles. The summed E-state index contributed by atoms with van der Waals surface area (Å²) in [5.74, 6) is -0.821. The summed E-state index contributed by atoms with van der Waals surface area (Å²) >= 11 is 1.36. The fraction of sp³-hybridized carbons (Fsp3) is 0.333. The second-order valence-electron chi connectivity index (χ2n) is 4.32. The Labute approximate surface area is 103 Å².